The van der Waals surface area contributed by atoms with Crippen LogP contribution in [0.4, 0.5) is 0 Å². The molecule has 1 heterocycles. The fourth-order valence-electron chi connectivity index (χ4n) is 2.37. The van der Waals surface area contributed by atoms with E-state index in [0.717, 1.165) is 19.3 Å². The lowest BCUT2D eigenvalue weighted by molar-refractivity contribution is 0.483. The molecule has 0 unspecified atom stereocenters. The number of pyridine rings is 1. The van der Waals surface area contributed by atoms with Crippen LogP contribution in [0.1, 0.15) is 43.5 Å². The van der Waals surface area contributed by atoms with E-state index in [2.05, 4.69) is 4.98 Å². The lowest BCUT2D eigenvalue weighted by Gasteiger charge is -2.21. The van der Waals surface area contributed by atoms with Crippen molar-refractivity contribution in [1.82, 2.24) is 4.98 Å². The van der Waals surface area contributed by atoms with Crippen LogP contribution in [0.15, 0.2) is 17.0 Å². The number of sulfone groups is 1. The second-order valence-electron chi connectivity index (χ2n) is 4.57. The maximum atomic E-state index is 12.5. The number of hydrogen-bond acceptors (Lipinski definition) is 5. The molecule has 0 bridgehead atoms. The standard InChI is InChI=1S/C13H13N3O2S/c14-8-10-6-7-13(12(9-15)16-10)19(17,18)11-4-2-1-3-5-11/h6-7,11H,1-5H2. The summed E-state index contributed by atoms with van der Waals surface area (Å²) in [4.78, 5) is 3.73. The minimum atomic E-state index is -3.52. The molecule has 0 radical (unpaired) electrons. The first-order valence-electron chi connectivity index (χ1n) is 6.14. The Morgan fingerprint density at radius 1 is 1.11 bits per heavy atom. The molecule has 0 spiro atoms. The molecular formula is C13H13N3O2S. The third-order valence-electron chi connectivity index (χ3n) is 3.38. The first-order valence-corrected chi connectivity index (χ1v) is 7.69. The zero-order chi connectivity index (χ0) is 13.9. The molecule has 0 amide bonds. The third kappa shape index (κ3) is 2.59. The van der Waals surface area contributed by atoms with Gasteiger partial charge in [0.15, 0.2) is 15.5 Å². The molecule has 98 valence electrons. The smallest absolute Gasteiger partial charge is 0.184 e. The van der Waals surface area contributed by atoms with Gasteiger partial charge in [0.25, 0.3) is 0 Å². The number of aromatic nitrogens is 1. The lowest BCUT2D eigenvalue weighted by Crippen LogP contribution is -2.25. The van der Waals surface area contributed by atoms with Crippen LogP contribution in [0, 0.1) is 22.7 Å². The Hall–Kier alpha value is -1.92. The van der Waals surface area contributed by atoms with E-state index in [-0.39, 0.29) is 16.3 Å². The van der Waals surface area contributed by atoms with E-state index in [1.165, 1.54) is 12.1 Å². The molecule has 0 atom stereocenters. The molecule has 1 aromatic heterocycles. The van der Waals surface area contributed by atoms with E-state index < -0.39 is 15.1 Å². The maximum absolute atomic E-state index is 12.5. The molecule has 1 fully saturated rings. The van der Waals surface area contributed by atoms with Crippen molar-refractivity contribution in [3.05, 3.63) is 23.5 Å². The normalized spacial score (nSPS) is 16.5. The third-order valence-corrected chi connectivity index (χ3v) is 5.67. The van der Waals surface area contributed by atoms with Gasteiger partial charge in [-0.1, -0.05) is 19.3 Å². The van der Waals surface area contributed by atoms with Gasteiger partial charge in [-0.25, -0.2) is 13.4 Å². The quantitative estimate of drug-likeness (QED) is 0.821. The van der Waals surface area contributed by atoms with Crippen molar-refractivity contribution in [3.8, 4) is 12.1 Å². The number of nitriles is 2. The van der Waals surface area contributed by atoms with Gasteiger partial charge < -0.3 is 0 Å². The Kier molecular flexibility index (Phi) is 3.82. The first kappa shape index (κ1) is 13.5. The van der Waals surface area contributed by atoms with Gasteiger partial charge in [0.05, 0.1) is 5.25 Å². The molecule has 1 aliphatic rings. The van der Waals surface area contributed by atoms with E-state index in [4.69, 9.17) is 10.5 Å². The van der Waals surface area contributed by atoms with Crippen molar-refractivity contribution in [3.63, 3.8) is 0 Å². The highest BCUT2D eigenvalue weighted by Crippen LogP contribution is 2.29. The van der Waals surface area contributed by atoms with Gasteiger partial charge in [-0.2, -0.15) is 10.5 Å². The summed E-state index contributed by atoms with van der Waals surface area (Å²) in [6.45, 7) is 0. The van der Waals surface area contributed by atoms with Gasteiger partial charge in [-0.3, -0.25) is 0 Å². The average Bonchev–Trinajstić information content (AvgIpc) is 2.47. The summed E-state index contributed by atoms with van der Waals surface area (Å²) < 4.78 is 25.0. The molecule has 1 aromatic rings. The summed E-state index contributed by atoms with van der Waals surface area (Å²) in [6, 6.07) is 6.25. The molecule has 6 heteroatoms. The SMILES string of the molecule is N#Cc1ccc(S(=O)(=O)C2CCCCC2)c(C#N)n1. The van der Waals surface area contributed by atoms with Gasteiger partial charge in [0, 0.05) is 0 Å². The van der Waals surface area contributed by atoms with Crippen LogP contribution in [0.25, 0.3) is 0 Å². The first-order chi connectivity index (χ1) is 9.09. The zero-order valence-corrected chi connectivity index (χ0v) is 11.2. The van der Waals surface area contributed by atoms with Gasteiger partial charge >= 0.3 is 0 Å². The Labute approximate surface area is 112 Å². The molecule has 2 rings (SSSR count). The lowest BCUT2D eigenvalue weighted by atomic mass is 10.0. The van der Waals surface area contributed by atoms with Crippen LogP contribution in [0.3, 0.4) is 0 Å². The van der Waals surface area contributed by atoms with Crippen LogP contribution in [-0.4, -0.2) is 18.7 Å². The molecule has 0 saturated heterocycles. The van der Waals surface area contributed by atoms with Gasteiger partial charge in [0.1, 0.15) is 22.7 Å². The zero-order valence-electron chi connectivity index (χ0n) is 10.3. The van der Waals surface area contributed by atoms with E-state index in [0.29, 0.717) is 12.8 Å². The molecular weight excluding hydrogens is 262 g/mol. The highest BCUT2D eigenvalue weighted by atomic mass is 32.2. The fraction of sp³-hybridized carbons (Fsp3) is 0.462. The van der Waals surface area contributed by atoms with Crippen molar-refractivity contribution < 1.29 is 8.42 Å². The monoisotopic (exact) mass is 275 g/mol. The van der Waals surface area contributed by atoms with Crippen molar-refractivity contribution in [2.75, 3.05) is 0 Å². The minimum Gasteiger partial charge on any atom is -0.225 e. The van der Waals surface area contributed by atoms with Crippen molar-refractivity contribution in [2.24, 2.45) is 0 Å². The highest BCUT2D eigenvalue weighted by Gasteiger charge is 2.31. The molecule has 1 aliphatic carbocycles. The van der Waals surface area contributed by atoms with Crippen LogP contribution >= 0.6 is 0 Å². The van der Waals surface area contributed by atoms with Gasteiger partial charge in [-0.05, 0) is 25.0 Å². The minimum absolute atomic E-state index is 0.0408. The largest absolute Gasteiger partial charge is 0.225 e. The Morgan fingerprint density at radius 3 is 2.37 bits per heavy atom. The topological polar surface area (TPSA) is 94.6 Å². The summed E-state index contributed by atoms with van der Waals surface area (Å²) in [7, 11) is -3.52. The molecule has 0 aromatic carbocycles. The number of nitrogens with zero attached hydrogens (tertiary/aromatic N) is 3. The molecule has 19 heavy (non-hydrogen) atoms. The van der Waals surface area contributed by atoms with Crippen LogP contribution in [-0.2, 0) is 9.84 Å². The predicted octanol–water partition coefficient (Wildman–Crippen LogP) is 1.93. The molecule has 1 saturated carbocycles. The highest BCUT2D eigenvalue weighted by molar-refractivity contribution is 7.92. The van der Waals surface area contributed by atoms with E-state index in [9.17, 15) is 8.42 Å². The van der Waals surface area contributed by atoms with Gasteiger partial charge in [0.2, 0.25) is 0 Å². The molecule has 5 nitrogen and oxygen atoms in total. The summed E-state index contributed by atoms with van der Waals surface area (Å²) in [5, 5.41) is 17.3. The van der Waals surface area contributed by atoms with E-state index in [1.54, 1.807) is 12.1 Å². The molecule has 0 aliphatic heterocycles. The van der Waals surface area contributed by atoms with E-state index in [1.807, 2.05) is 0 Å². The van der Waals surface area contributed by atoms with Crippen molar-refractivity contribution in [2.45, 2.75) is 42.2 Å². The van der Waals surface area contributed by atoms with Gasteiger partial charge in [-0.15, -0.1) is 0 Å². The molecule has 0 N–H and O–H groups in total. The fourth-order valence-corrected chi connectivity index (χ4v) is 4.30. The Bertz CT molecular complexity index is 662. The number of hydrogen-bond donors (Lipinski definition) is 0. The predicted molar refractivity (Wildman–Crippen MR) is 67.7 cm³/mol. The summed E-state index contributed by atoms with van der Waals surface area (Å²) >= 11 is 0. The van der Waals surface area contributed by atoms with Crippen LogP contribution < -0.4 is 0 Å². The number of rotatable bonds is 2. The average molecular weight is 275 g/mol. The summed E-state index contributed by atoms with van der Waals surface area (Å²) in [5.41, 5.74) is -0.122. The van der Waals surface area contributed by atoms with Crippen LogP contribution in [0.2, 0.25) is 0 Å². The van der Waals surface area contributed by atoms with E-state index >= 15 is 0 Å². The second kappa shape index (κ2) is 5.38. The second-order valence-corrected chi connectivity index (χ2v) is 6.77. The van der Waals surface area contributed by atoms with Crippen LogP contribution in [0.5, 0.6) is 0 Å². The Balaban J connectivity index is 2.46. The summed E-state index contributed by atoms with van der Waals surface area (Å²) in [6.07, 6.45) is 4.12. The Morgan fingerprint density at radius 2 is 1.79 bits per heavy atom. The van der Waals surface area contributed by atoms with Crippen molar-refractivity contribution >= 4 is 9.84 Å². The maximum Gasteiger partial charge on any atom is 0.184 e. The van der Waals surface area contributed by atoms with Crippen molar-refractivity contribution in [1.29, 1.82) is 10.5 Å². The summed E-state index contributed by atoms with van der Waals surface area (Å²) in [5.74, 6) is 0.